The summed E-state index contributed by atoms with van der Waals surface area (Å²) in [5.74, 6) is -0.149. The predicted molar refractivity (Wildman–Crippen MR) is 38.3 cm³/mol. The van der Waals surface area contributed by atoms with E-state index in [1.165, 1.54) is 17.2 Å². The molecule has 0 spiro atoms. The van der Waals surface area contributed by atoms with Crippen molar-refractivity contribution in [1.82, 2.24) is 0 Å². The fourth-order valence-corrected chi connectivity index (χ4v) is 0.727. The van der Waals surface area contributed by atoms with E-state index < -0.39 is 5.97 Å². The zero-order valence-corrected chi connectivity index (χ0v) is 5.73. The first-order valence-corrected chi connectivity index (χ1v) is 3.53. The average Bonchev–Trinajstić information content (AvgIpc) is 1.80. The van der Waals surface area contributed by atoms with Crippen LogP contribution in [0.15, 0.2) is 11.5 Å². The molecule has 0 aromatic rings. The molecule has 0 fully saturated rings. The third kappa shape index (κ3) is 7.52. The van der Waals surface area contributed by atoms with Crippen molar-refractivity contribution >= 4 is 17.7 Å². The van der Waals surface area contributed by atoms with Crippen LogP contribution >= 0.6 is 11.8 Å². The summed E-state index contributed by atoms with van der Waals surface area (Å²) in [5.41, 5.74) is 5.14. The number of carboxylic acid groups (broad SMARTS) is 1. The summed E-state index contributed by atoms with van der Waals surface area (Å²) in [4.78, 5) is 9.83. The summed E-state index contributed by atoms with van der Waals surface area (Å²) in [6.45, 7) is 0.578. The monoisotopic (exact) mass is 147 g/mol. The van der Waals surface area contributed by atoms with Crippen LogP contribution in [-0.2, 0) is 4.79 Å². The quantitative estimate of drug-likeness (QED) is 0.443. The lowest BCUT2D eigenvalue weighted by atomic mass is 10.7. The fraction of sp³-hybridized carbons (Fsp3) is 0.400. The lowest BCUT2D eigenvalue weighted by Gasteiger charge is -1.85. The van der Waals surface area contributed by atoms with Crippen molar-refractivity contribution in [2.24, 2.45) is 5.73 Å². The molecule has 4 heteroatoms. The van der Waals surface area contributed by atoms with Crippen molar-refractivity contribution in [3.05, 3.63) is 11.5 Å². The molecule has 0 aliphatic carbocycles. The number of nitrogens with two attached hydrogens (primary N) is 1. The molecule has 0 rings (SSSR count). The molecule has 0 radical (unpaired) electrons. The molecule has 0 bridgehead atoms. The van der Waals surface area contributed by atoms with E-state index in [1.807, 2.05) is 0 Å². The van der Waals surface area contributed by atoms with Crippen LogP contribution in [-0.4, -0.2) is 23.4 Å². The molecule has 3 nitrogen and oxygen atoms in total. The molecule has 0 heterocycles. The molecule has 52 valence electrons. The second kappa shape index (κ2) is 5.65. The van der Waals surface area contributed by atoms with E-state index in [0.717, 1.165) is 11.8 Å². The maximum Gasteiger partial charge on any atom is 0.328 e. The van der Waals surface area contributed by atoms with Gasteiger partial charge in [0.15, 0.2) is 0 Å². The number of carboxylic acids is 1. The molecule has 0 aliphatic heterocycles. The average molecular weight is 147 g/mol. The van der Waals surface area contributed by atoms with Gasteiger partial charge in [-0.1, -0.05) is 0 Å². The van der Waals surface area contributed by atoms with Gasteiger partial charge in [0.05, 0.1) is 0 Å². The zero-order chi connectivity index (χ0) is 7.11. The molecule has 0 unspecified atom stereocenters. The molecule has 0 saturated heterocycles. The largest absolute Gasteiger partial charge is 0.478 e. The highest BCUT2D eigenvalue weighted by Crippen LogP contribution is 1.98. The van der Waals surface area contributed by atoms with Gasteiger partial charge in [-0.15, -0.1) is 11.8 Å². The molecule has 0 aromatic heterocycles. The molecular formula is C5H9NO2S. The lowest BCUT2D eigenvalue weighted by Crippen LogP contribution is -2.00. The van der Waals surface area contributed by atoms with Gasteiger partial charge in [-0.3, -0.25) is 0 Å². The standard InChI is InChI=1S/C5H9NO2S/c6-2-4-9-3-1-5(7)8/h1,3H,2,4,6H2,(H,7,8). The topological polar surface area (TPSA) is 63.3 Å². The zero-order valence-electron chi connectivity index (χ0n) is 4.91. The number of rotatable bonds is 4. The van der Waals surface area contributed by atoms with Gasteiger partial charge in [-0.05, 0) is 5.41 Å². The summed E-state index contributed by atoms with van der Waals surface area (Å²) >= 11 is 1.40. The summed E-state index contributed by atoms with van der Waals surface area (Å²) < 4.78 is 0. The second-order valence-corrected chi connectivity index (χ2v) is 2.31. The number of aliphatic carboxylic acids is 1. The highest BCUT2D eigenvalue weighted by Gasteiger charge is 1.83. The van der Waals surface area contributed by atoms with Crippen LogP contribution in [0.1, 0.15) is 0 Å². The smallest absolute Gasteiger partial charge is 0.328 e. The predicted octanol–water partition coefficient (Wildman–Crippen LogP) is 0.277. The number of hydrogen-bond acceptors (Lipinski definition) is 3. The summed E-state index contributed by atoms with van der Waals surface area (Å²) in [6.07, 6.45) is 1.10. The molecule has 0 aromatic carbocycles. The normalized spacial score (nSPS) is 10.3. The minimum Gasteiger partial charge on any atom is -0.478 e. The Morgan fingerprint density at radius 2 is 2.44 bits per heavy atom. The highest BCUT2D eigenvalue weighted by molar-refractivity contribution is 8.02. The lowest BCUT2D eigenvalue weighted by molar-refractivity contribution is -0.131. The Balaban J connectivity index is 3.15. The van der Waals surface area contributed by atoms with Crippen LogP contribution in [0.5, 0.6) is 0 Å². The van der Waals surface area contributed by atoms with E-state index in [1.54, 1.807) is 0 Å². The molecule has 0 saturated carbocycles. The van der Waals surface area contributed by atoms with Crippen LogP contribution in [0.3, 0.4) is 0 Å². The van der Waals surface area contributed by atoms with Crippen molar-refractivity contribution in [1.29, 1.82) is 0 Å². The van der Waals surface area contributed by atoms with Gasteiger partial charge >= 0.3 is 5.97 Å². The maximum atomic E-state index is 9.83. The third-order valence-corrected chi connectivity index (χ3v) is 1.34. The number of hydrogen-bond donors (Lipinski definition) is 2. The maximum absolute atomic E-state index is 9.83. The Bertz CT molecular complexity index is 114. The van der Waals surface area contributed by atoms with Crippen molar-refractivity contribution in [2.45, 2.75) is 0 Å². The Kier molecular flexibility index (Phi) is 5.35. The Hall–Kier alpha value is -0.480. The highest BCUT2D eigenvalue weighted by atomic mass is 32.2. The fourth-order valence-electron chi connectivity index (χ4n) is 0.242. The van der Waals surface area contributed by atoms with E-state index in [4.69, 9.17) is 10.8 Å². The van der Waals surface area contributed by atoms with Gasteiger partial charge in [-0.25, -0.2) is 4.79 Å². The van der Waals surface area contributed by atoms with Crippen molar-refractivity contribution in [3.8, 4) is 0 Å². The van der Waals surface area contributed by atoms with Gasteiger partial charge in [0.25, 0.3) is 0 Å². The third-order valence-electron chi connectivity index (χ3n) is 0.543. The Labute approximate surface area is 57.9 Å². The molecule has 0 atom stereocenters. The number of thioether (sulfide) groups is 1. The van der Waals surface area contributed by atoms with Gasteiger partial charge in [0.2, 0.25) is 0 Å². The van der Waals surface area contributed by atoms with Crippen LogP contribution in [0.4, 0.5) is 0 Å². The Morgan fingerprint density at radius 1 is 1.78 bits per heavy atom. The van der Waals surface area contributed by atoms with Gasteiger partial charge < -0.3 is 10.8 Å². The molecular weight excluding hydrogens is 138 g/mol. The van der Waals surface area contributed by atoms with Crippen LogP contribution in [0.25, 0.3) is 0 Å². The first-order valence-electron chi connectivity index (χ1n) is 2.48. The van der Waals surface area contributed by atoms with Crippen LogP contribution < -0.4 is 5.73 Å². The first-order chi connectivity index (χ1) is 4.27. The van der Waals surface area contributed by atoms with E-state index in [-0.39, 0.29) is 0 Å². The SMILES string of the molecule is NCCSC=CC(=O)O. The summed E-state index contributed by atoms with van der Waals surface area (Å²) in [5, 5.41) is 9.60. The molecule has 9 heavy (non-hydrogen) atoms. The molecule has 3 N–H and O–H groups in total. The van der Waals surface area contributed by atoms with Crippen molar-refractivity contribution < 1.29 is 9.90 Å². The van der Waals surface area contributed by atoms with Crippen molar-refractivity contribution in [2.75, 3.05) is 12.3 Å². The van der Waals surface area contributed by atoms with E-state index >= 15 is 0 Å². The minimum atomic E-state index is -0.917. The minimum absolute atomic E-state index is 0.578. The van der Waals surface area contributed by atoms with E-state index in [9.17, 15) is 4.79 Å². The van der Waals surface area contributed by atoms with Gasteiger partial charge in [0.1, 0.15) is 0 Å². The molecule has 0 aliphatic rings. The van der Waals surface area contributed by atoms with E-state index in [2.05, 4.69) is 0 Å². The second-order valence-electron chi connectivity index (χ2n) is 1.30. The summed E-state index contributed by atoms with van der Waals surface area (Å²) in [6, 6.07) is 0. The first kappa shape index (κ1) is 8.52. The van der Waals surface area contributed by atoms with Crippen LogP contribution in [0.2, 0.25) is 0 Å². The molecule has 0 amide bonds. The van der Waals surface area contributed by atoms with Gasteiger partial charge in [-0.2, -0.15) is 0 Å². The van der Waals surface area contributed by atoms with E-state index in [0.29, 0.717) is 6.54 Å². The van der Waals surface area contributed by atoms with Gasteiger partial charge in [0, 0.05) is 18.4 Å². The van der Waals surface area contributed by atoms with Crippen molar-refractivity contribution in [3.63, 3.8) is 0 Å². The number of carbonyl (C=O) groups is 1. The van der Waals surface area contributed by atoms with Crippen LogP contribution in [0, 0.1) is 0 Å². The Morgan fingerprint density at radius 3 is 2.89 bits per heavy atom. The summed E-state index contributed by atoms with van der Waals surface area (Å²) in [7, 11) is 0.